The van der Waals surface area contributed by atoms with Gasteiger partial charge in [-0.1, -0.05) is 13.8 Å². The second kappa shape index (κ2) is 5.49. The van der Waals surface area contributed by atoms with Crippen LogP contribution < -0.4 is 5.32 Å². The normalized spacial score (nSPS) is 34.5. The van der Waals surface area contributed by atoms with Crippen molar-refractivity contribution in [3.8, 4) is 0 Å². The molecule has 19 heavy (non-hydrogen) atoms. The monoisotopic (exact) mass is 279 g/mol. The van der Waals surface area contributed by atoms with Crippen molar-refractivity contribution in [3.63, 3.8) is 0 Å². The number of nitrogens with zero attached hydrogens (tertiary/aromatic N) is 2. The molecule has 0 aromatic carbocycles. The molecular weight excluding hydrogens is 254 g/mol. The van der Waals surface area contributed by atoms with Crippen LogP contribution in [0.4, 0.5) is 0 Å². The molecule has 1 saturated heterocycles. The summed E-state index contributed by atoms with van der Waals surface area (Å²) in [7, 11) is 0. The SMILES string of the molecule is CC1(C)CSCC(NC2CCCC2n2ccnc2)C1. The average Bonchev–Trinajstić information content (AvgIpc) is 2.96. The summed E-state index contributed by atoms with van der Waals surface area (Å²) in [6.07, 6.45) is 11.2. The third kappa shape index (κ3) is 3.16. The van der Waals surface area contributed by atoms with Crippen LogP contribution in [0.25, 0.3) is 0 Å². The predicted molar refractivity (Wildman–Crippen MR) is 81.5 cm³/mol. The summed E-state index contributed by atoms with van der Waals surface area (Å²) in [5.41, 5.74) is 0.490. The van der Waals surface area contributed by atoms with E-state index in [-0.39, 0.29) is 0 Å². The number of rotatable bonds is 3. The van der Waals surface area contributed by atoms with Gasteiger partial charge in [0.1, 0.15) is 0 Å². The molecule has 3 atom stereocenters. The highest BCUT2D eigenvalue weighted by Crippen LogP contribution is 2.36. The summed E-state index contributed by atoms with van der Waals surface area (Å²) in [5.74, 6) is 2.58. The van der Waals surface area contributed by atoms with Crippen molar-refractivity contribution in [1.29, 1.82) is 0 Å². The lowest BCUT2D eigenvalue weighted by Crippen LogP contribution is -2.46. The molecule has 2 aliphatic rings. The molecule has 3 rings (SSSR count). The van der Waals surface area contributed by atoms with Gasteiger partial charge in [0.15, 0.2) is 0 Å². The van der Waals surface area contributed by atoms with Gasteiger partial charge in [-0.3, -0.25) is 0 Å². The number of nitrogens with one attached hydrogen (secondary N) is 1. The molecule has 1 N–H and O–H groups in total. The zero-order valence-electron chi connectivity index (χ0n) is 12.0. The molecule has 1 aliphatic heterocycles. The maximum Gasteiger partial charge on any atom is 0.0949 e. The van der Waals surface area contributed by atoms with Gasteiger partial charge < -0.3 is 9.88 Å². The Kier molecular flexibility index (Phi) is 3.90. The van der Waals surface area contributed by atoms with Crippen LogP contribution in [0.3, 0.4) is 0 Å². The lowest BCUT2D eigenvalue weighted by Gasteiger charge is -2.37. The minimum Gasteiger partial charge on any atom is -0.333 e. The number of imidazole rings is 1. The van der Waals surface area contributed by atoms with Crippen LogP contribution in [-0.4, -0.2) is 33.1 Å². The molecule has 1 aromatic rings. The Hall–Kier alpha value is -0.480. The van der Waals surface area contributed by atoms with Gasteiger partial charge in [-0.2, -0.15) is 11.8 Å². The maximum absolute atomic E-state index is 4.20. The first-order chi connectivity index (χ1) is 9.14. The van der Waals surface area contributed by atoms with Crippen LogP contribution in [0.5, 0.6) is 0 Å². The van der Waals surface area contributed by atoms with Crippen molar-refractivity contribution >= 4 is 11.8 Å². The minimum absolute atomic E-state index is 0.490. The largest absolute Gasteiger partial charge is 0.333 e. The van der Waals surface area contributed by atoms with Gasteiger partial charge in [0.2, 0.25) is 0 Å². The van der Waals surface area contributed by atoms with E-state index in [4.69, 9.17) is 0 Å². The third-order valence-corrected chi connectivity index (χ3v) is 6.07. The summed E-state index contributed by atoms with van der Waals surface area (Å²) < 4.78 is 2.30. The van der Waals surface area contributed by atoms with E-state index in [0.29, 0.717) is 23.5 Å². The first kappa shape index (κ1) is 13.5. The highest BCUT2D eigenvalue weighted by Gasteiger charge is 2.34. The second-order valence-electron chi connectivity index (χ2n) is 6.86. The Morgan fingerprint density at radius 1 is 1.37 bits per heavy atom. The van der Waals surface area contributed by atoms with Gasteiger partial charge in [0.05, 0.1) is 6.33 Å². The minimum atomic E-state index is 0.490. The molecule has 4 heteroatoms. The Morgan fingerprint density at radius 3 is 3.00 bits per heavy atom. The number of hydrogen-bond donors (Lipinski definition) is 1. The second-order valence-corrected chi connectivity index (χ2v) is 7.89. The lowest BCUT2D eigenvalue weighted by atomic mass is 9.87. The Bertz CT molecular complexity index is 402. The van der Waals surface area contributed by atoms with Crippen molar-refractivity contribution in [1.82, 2.24) is 14.9 Å². The van der Waals surface area contributed by atoms with Crippen molar-refractivity contribution in [3.05, 3.63) is 18.7 Å². The highest BCUT2D eigenvalue weighted by molar-refractivity contribution is 7.99. The molecule has 0 amide bonds. The molecule has 3 unspecified atom stereocenters. The van der Waals surface area contributed by atoms with E-state index in [9.17, 15) is 0 Å². The van der Waals surface area contributed by atoms with E-state index in [1.165, 1.54) is 37.2 Å². The van der Waals surface area contributed by atoms with Crippen LogP contribution in [0.1, 0.15) is 45.6 Å². The molecule has 2 heterocycles. The van der Waals surface area contributed by atoms with E-state index in [1.807, 2.05) is 12.5 Å². The average molecular weight is 279 g/mol. The van der Waals surface area contributed by atoms with Gasteiger partial charge in [0.25, 0.3) is 0 Å². The topological polar surface area (TPSA) is 29.9 Å². The molecular formula is C15H25N3S. The summed E-state index contributed by atoms with van der Waals surface area (Å²) in [6.45, 7) is 4.80. The van der Waals surface area contributed by atoms with Gasteiger partial charge in [-0.25, -0.2) is 4.98 Å². The van der Waals surface area contributed by atoms with E-state index in [1.54, 1.807) is 0 Å². The first-order valence-electron chi connectivity index (χ1n) is 7.45. The van der Waals surface area contributed by atoms with E-state index >= 15 is 0 Å². The molecule has 106 valence electrons. The Balaban J connectivity index is 1.62. The first-order valence-corrected chi connectivity index (χ1v) is 8.61. The zero-order chi connectivity index (χ0) is 13.3. The van der Waals surface area contributed by atoms with Crippen molar-refractivity contribution in [2.75, 3.05) is 11.5 Å². The fourth-order valence-electron chi connectivity index (χ4n) is 3.63. The highest BCUT2D eigenvalue weighted by atomic mass is 32.2. The number of hydrogen-bond acceptors (Lipinski definition) is 3. The number of aromatic nitrogens is 2. The summed E-state index contributed by atoms with van der Waals surface area (Å²) in [6, 6.07) is 1.93. The van der Waals surface area contributed by atoms with Crippen LogP contribution in [0, 0.1) is 5.41 Å². The van der Waals surface area contributed by atoms with Gasteiger partial charge >= 0.3 is 0 Å². The van der Waals surface area contributed by atoms with Crippen molar-refractivity contribution in [2.45, 2.75) is 57.7 Å². The molecule has 1 saturated carbocycles. The summed E-state index contributed by atoms with van der Waals surface area (Å²) >= 11 is 2.11. The quantitative estimate of drug-likeness (QED) is 0.922. The molecule has 1 aromatic heterocycles. The molecule has 0 spiro atoms. The fourth-order valence-corrected chi connectivity index (χ4v) is 4.92. The predicted octanol–water partition coefficient (Wildman–Crippen LogP) is 3.10. The lowest BCUT2D eigenvalue weighted by molar-refractivity contribution is 0.279. The molecule has 3 nitrogen and oxygen atoms in total. The number of thioether (sulfide) groups is 1. The van der Waals surface area contributed by atoms with Crippen molar-refractivity contribution < 1.29 is 0 Å². The molecule has 0 bridgehead atoms. The van der Waals surface area contributed by atoms with E-state index < -0.39 is 0 Å². The van der Waals surface area contributed by atoms with Gasteiger partial charge in [-0.15, -0.1) is 0 Å². The fraction of sp³-hybridized carbons (Fsp3) is 0.800. The van der Waals surface area contributed by atoms with Crippen LogP contribution in [-0.2, 0) is 0 Å². The Morgan fingerprint density at radius 2 is 2.26 bits per heavy atom. The molecule has 0 radical (unpaired) electrons. The zero-order valence-corrected chi connectivity index (χ0v) is 12.8. The van der Waals surface area contributed by atoms with Crippen LogP contribution >= 0.6 is 11.8 Å². The molecule has 2 fully saturated rings. The van der Waals surface area contributed by atoms with E-state index in [0.717, 1.165) is 0 Å². The summed E-state index contributed by atoms with van der Waals surface area (Å²) in [5, 5.41) is 3.94. The molecule has 1 aliphatic carbocycles. The maximum atomic E-state index is 4.20. The van der Waals surface area contributed by atoms with Crippen LogP contribution in [0.15, 0.2) is 18.7 Å². The standard InChI is InChI=1S/C15H25N3S/c1-15(2)8-12(9-19-10-15)17-13-4-3-5-14(13)18-7-6-16-11-18/h6-7,11-14,17H,3-5,8-10H2,1-2H3. The smallest absolute Gasteiger partial charge is 0.0949 e. The van der Waals surface area contributed by atoms with Gasteiger partial charge in [0, 0.05) is 36.3 Å². The van der Waals surface area contributed by atoms with Gasteiger partial charge in [-0.05, 0) is 36.9 Å². The van der Waals surface area contributed by atoms with E-state index in [2.05, 4.69) is 46.7 Å². The van der Waals surface area contributed by atoms with Crippen molar-refractivity contribution in [2.24, 2.45) is 5.41 Å². The summed E-state index contributed by atoms with van der Waals surface area (Å²) in [4.78, 5) is 4.20. The van der Waals surface area contributed by atoms with Crippen LogP contribution in [0.2, 0.25) is 0 Å². The third-order valence-electron chi connectivity index (χ3n) is 4.45. The Labute approximate surface area is 120 Å².